The Morgan fingerprint density at radius 2 is 2.00 bits per heavy atom. The second kappa shape index (κ2) is 5.77. The molecule has 0 radical (unpaired) electrons. The fourth-order valence-corrected chi connectivity index (χ4v) is 2.44. The molecule has 0 aromatic heterocycles. The predicted octanol–water partition coefficient (Wildman–Crippen LogP) is 3.96. The van der Waals surface area contributed by atoms with Crippen LogP contribution in [0.5, 0.6) is 17.2 Å². The van der Waals surface area contributed by atoms with Gasteiger partial charge in [-0.25, -0.2) is 0 Å². The van der Waals surface area contributed by atoms with Crippen molar-refractivity contribution >= 4 is 21.7 Å². The molecule has 0 bridgehead atoms. The maximum Gasteiger partial charge on any atom is 0.231 e. The molecule has 108 valence electrons. The van der Waals surface area contributed by atoms with Gasteiger partial charge in [-0.2, -0.15) is 0 Å². The van der Waals surface area contributed by atoms with Gasteiger partial charge in [0.15, 0.2) is 17.3 Å². The standard InChI is InChI=1S/C16H13BrO4/c1-10(18)13-4-3-12(17)7-15(13)19-8-11-2-5-14-16(6-11)21-9-20-14/h2-7H,8-9H2,1H3. The third kappa shape index (κ3) is 3.03. The van der Waals surface area contributed by atoms with Crippen LogP contribution in [0.25, 0.3) is 0 Å². The molecule has 0 unspecified atom stereocenters. The second-order valence-corrected chi connectivity index (χ2v) is 5.59. The number of Topliss-reactive ketones (excluding diaryl/α,β-unsaturated/α-hetero) is 1. The summed E-state index contributed by atoms with van der Waals surface area (Å²) in [5.41, 5.74) is 1.52. The summed E-state index contributed by atoms with van der Waals surface area (Å²) in [4.78, 5) is 11.6. The van der Waals surface area contributed by atoms with Crippen molar-refractivity contribution in [2.75, 3.05) is 6.79 Å². The fraction of sp³-hybridized carbons (Fsp3) is 0.188. The van der Waals surface area contributed by atoms with Gasteiger partial charge < -0.3 is 14.2 Å². The summed E-state index contributed by atoms with van der Waals surface area (Å²) in [5.74, 6) is 2.00. The first-order valence-corrected chi connectivity index (χ1v) is 7.24. The lowest BCUT2D eigenvalue weighted by molar-refractivity contribution is 0.101. The number of hydrogen-bond acceptors (Lipinski definition) is 4. The van der Waals surface area contributed by atoms with E-state index in [0.29, 0.717) is 17.9 Å². The average Bonchev–Trinajstić information content (AvgIpc) is 2.92. The first-order valence-electron chi connectivity index (χ1n) is 6.45. The van der Waals surface area contributed by atoms with Crippen LogP contribution in [0.2, 0.25) is 0 Å². The molecule has 5 heteroatoms. The van der Waals surface area contributed by atoms with E-state index >= 15 is 0 Å². The molecule has 0 amide bonds. The topological polar surface area (TPSA) is 44.8 Å². The molecule has 0 saturated carbocycles. The van der Waals surface area contributed by atoms with Crippen LogP contribution in [-0.2, 0) is 6.61 Å². The number of benzene rings is 2. The molecule has 0 aliphatic carbocycles. The van der Waals surface area contributed by atoms with Crippen molar-refractivity contribution < 1.29 is 19.0 Å². The van der Waals surface area contributed by atoms with Gasteiger partial charge in [0.1, 0.15) is 12.4 Å². The predicted molar refractivity (Wildman–Crippen MR) is 81.0 cm³/mol. The molecule has 1 aliphatic rings. The summed E-state index contributed by atoms with van der Waals surface area (Å²) in [7, 11) is 0. The van der Waals surface area contributed by atoms with Crippen molar-refractivity contribution in [2.24, 2.45) is 0 Å². The number of halogens is 1. The first kappa shape index (κ1) is 13.9. The summed E-state index contributed by atoms with van der Waals surface area (Å²) in [5, 5.41) is 0. The molecule has 1 heterocycles. The van der Waals surface area contributed by atoms with Gasteiger partial charge in [0.25, 0.3) is 0 Å². The Bertz CT molecular complexity index is 697. The van der Waals surface area contributed by atoms with Crippen molar-refractivity contribution in [3.05, 3.63) is 52.0 Å². The molecule has 0 atom stereocenters. The normalized spacial score (nSPS) is 12.3. The maximum atomic E-state index is 11.6. The zero-order valence-corrected chi connectivity index (χ0v) is 13.0. The SMILES string of the molecule is CC(=O)c1ccc(Br)cc1OCc1ccc2c(c1)OCO2. The number of ketones is 1. The van der Waals surface area contributed by atoms with Gasteiger partial charge in [-0.05, 0) is 42.8 Å². The van der Waals surface area contributed by atoms with Crippen molar-refractivity contribution in [2.45, 2.75) is 13.5 Å². The highest BCUT2D eigenvalue weighted by atomic mass is 79.9. The number of fused-ring (bicyclic) bond motifs is 1. The van der Waals surface area contributed by atoms with Gasteiger partial charge in [-0.3, -0.25) is 4.79 Å². The van der Waals surface area contributed by atoms with E-state index in [1.807, 2.05) is 24.3 Å². The number of hydrogen-bond donors (Lipinski definition) is 0. The zero-order chi connectivity index (χ0) is 14.8. The monoisotopic (exact) mass is 348 g/mol. The van der Waals surface area contributed by atoms with E-state index < -0.39 is 0 Å². The Morgan fingerprint density at radius 3 is 2.81 bits per heavy atom. The molecular formula is C16H13BrO4. The van der Waals surface area contributed by atoms with Crippen LogP contribution in [0, 0.1) is 0 Å². The minimum absolute atomic E-state index is 0.0248. The smallest absolute Gasteiger partial charge is 0.231 e. The molecule has 3 rings (SSSR count). The summed E-state index contributed by atoms with van der Waals surface area (Å²) < 4.78 is 17.2. The lowest BCUT2D eigenvalue weighted by atomic mass is 10.1. The quantitative estimate of drug-likeness (QED) is 0.784. The molecule has 0 spiro atoms. The minimum Gasteiger partial charge on any atom is -0.488 e. The summed E-state index contributed by atoms with van der Waals surface area (Å²) >= 11 is 3.38. The van der Waals surface area contributed by atoms with Gasteiger partial charge in [-0.15, -0.1) is 0 Å². The van der Waals surface area contributed by atoms with Gasteiger partial charge in [0.05, 0.1) is 5.56 Å². The van der Waals surface area contributed by atoms with Crippen LogP contribution in [0.3, 0.4) is 0 Å². The van der Waals surface area contributed by atoms with Gasteiger partial charge in [0.2, 0.25) is 6.79 Å². The van der Waals surface area contributed by atoms with Gasteiger partial charge >= 0.3 is 0 Å². The number of rotatable bonds is 4. The molecule has 4 nitrogen and oxygen atoms in total. The van der Waals surface area contributed by atoms with E-state index in [1.54, 1.807) is 12.1 Å². The Kier molecular flexibility index (Phi) is 3.84. The molecule has 1 aliphatic heterocycles. The van der Waals surface area contributed by atoms with E-state index in [1.165, 1.54) is 6.92 Å². The Hall–Kier alpha value is -2.01. The van der Waals surface area contributed by atoms with Crippen LogP contribution in [0.4, 0.5) is 0 Å². The molecule has 21 heavy (non-hydrogen) atoms. The Morgan fingerprint density at radius 1 is 1.19 bits per heavy atom. The molecule has 0 fully saturated rings. The van der Waals surface area contributed by atoms with E-state index in [-0.39, 0.29) is 12.6 Å². The van der Waals surface area contributed by atoms with E-state index in [4.69, 9.17) is 14.2 Å². The second-order valence-electron chi connectivity index (χ2n) is 4.67. The number of ether oxygens (including phenoxy) is 3. The van der Waals surface area contributed by atoms with Crippen LogP contribution in [0.15, 0.2) is 40.9 Å². The highest BCUT2D eigenvalue weighted by Crippen LogP contribution is 2.33. The molecule has 0 N–H and O–H groups in total. The molecule has 0 saturated heterocycles. The van der Waals surface area contributed by atoms with Crippen LogP contribution < -0.4 is 14.2 Å². The Labute approximate surface area is 130 Å². The fourth-order valence-electron chi connectivity index (χ4n) is 2.10. The molecule has 2 aromatic rings. The highest BCUT2D eigenvalue weighted by Gasteiger charge is 2.14. The molecule has 2 aromatic carbocycles. The maximum absolute atomic E-state index is 11.6. The van der Waals surface area contributed by atoms with Crippen molar-refractivity contribution in [1.82, 2.24) is 0 Å². The van der Waals surface area contributed by atoms with E-state index in [2.05, 4.69) is 15.9 Å². The molecular weight excluding hydrogens is 336 g/mol. The van der Waals surface area contributed by atoms with Crippen LogP contribution >= 0.6 is 15.9 Å². The lowest BCUT2D eigenvalue weighted by Crippen LogP contribution is -2.01. The summed E-state index contributed by atoms with van der Waals surface area (Å²) in [6.45, 7) is 2.13. The van der Waals surface area contributed by atoms with E-state index in [0.717, 1.165) is 21.5 Å². The highest BCUT2D eigenvalue weighted by molar-refractivity contribution is 9.10. The van der Waals surface area contributed by atoms with Gasteiger partial charge in [-0.1, -0.05) is 22.0 Å². The third-order valence-electron chi connectivity index (χ3n) is 3.15. The average molecular weight is 349 g/mol. The minimum atomic E-state index is -0.0248. The lowest BCUT2D eigenvalue weighted by Gasteiger charge is -2.11. The summed E-state index contributed by atoms with van der Waals surface area (Å²) in [6.07, 6.45) is 0. The number of carbonyl (C=O) groups is 1. The van der Waals surface area contributed by atoms with Gasteiger partial charge in [0, 0.05) is 4.47 Å². The van der Waals surface area contributed by atoms with Crippen LogP contribution in [-0.4, -0.2) is 12.6 Å². The summed E-state index contributed by atoms with van der Waals surface area (Å²) in [6, 6.07) is 11.0. The van der Waals surface area contributed by atoms with E-state index in [9.17, 15) is 4.79 Å². The van der Waals surface area contributed by atoms with Crippen molar-refractivity contribution in [3.63, 3.8) is 0 Å². The largest absolute Gasteiger partial charge is 0.488 e. The first-order chi connectivity index (χ1) is 10.1. The zero-order valence-electron chi connectivity index (χ0n) is 11.4. The van der Waals surface area contributed by atoms with Crippen molar-refractivity contribution in [1.29, 1.82) is 0 Å². The van der Waals surface area contributed by atoms with Crippen LogP contribution in [0.1, 0.15) is 22.8 Å². The third-order valence-corrected chi connectivity index (χ3v) is 3.65. The number of carbonyl (C=O) groups excluding carboxylic acids is 1. The Balaban J connectivity index is 1.78. The van der Waals surface area contributed by atoms with Crippen molar-refractivity contribution in [3.8, 4) is 17.2 Å².